The molecule has 2 heteroatoms. The van der Waals surface area contributed by atoms with Crippen molar-refractivity contribution < 1.29 is 5.11 Å². The first-order chi connectivity index (χ1) is 21.2. The van der Waals surface area contributed by atoms with E-state index in [1.54, 1.807) is 0 Å². The van der Waals surface area contributed by atoms with E-state index in [9.17, 15) is 5.11 Å². The number of likely N-dealkylation sites (tertiary alicyclic amines) is 1. The second-order valence-electron chi connectivity index (χ2n) is 13.1. The highest BCUT2D eigenvalue weighted by Crippen LogP contribution is 2.56. The fraction of sp³-hybridized carbons (Fsp3) is 0.714. The molecule has 1 aliphatic heterocycles. The monoisotopic (exact) mass is 610 g/mol. The van der Waals surface area contributed by atoms with Gasteiger partial charge in [-0.15, -0.1) is 0 Å². The fourth-order valence-corrected chi connectivity index (χ4v) is 6.38. The van der Waals surface area contributed by atoms with Gasteiger partial charge in [0.05, 0.1) is 6.10 Å². The molecule has 44 heavy (non-hydrogen) atoms. The minimum atomic E-state index is -0.273. The third kappa shape index (κ3) is 14.5. The molecule has 1 unspecified atom stereocenters. The summed E-state index contributed by atoms with van der Waals surface area (Å²) in [6, 6.07) is 8.66. The van der Waals surface area contributed by atoms with Crippen molar-refractivity contribution in [2.24, 2.45) is 11.3 Å². The number of rotatable bonds is 15. The number of unbranched alkanes of at least 4 members (excludes halogenated alkanes) is 3. The van der Waals surface area contributed by atoms with Gasteiger partial charge in [-0.3, -0.25) is 0 Å². The lowest BCUT2D eigenvalue weighted by molar-refractivity contribution is 0.137. The summed E-state index contributed by atoms with van der Waals surface area (Å²) < 4.78 is 0. The Bertz CT molecular complexity index is 898. The standard InChI is InChI=1S/C19H31NO.C11H24.C9H12.C3H8/c1-5-12-19(13-6-2)15(4)20(14-16(21)7-3)18-11-9-8-10-17(18)19;1-4-7-8-9-10-11(5-2)6-3;1-3-9-6-4-8(2)5-7-9;1-3-2/h10-11,16,21H,4-9,12-14H2,1-3H3;11H,4-10H2,1-3H3;4-7H,3H2,1-2H3;3H2,1-2H3. The fourth-order valence-electron chi connectivity index (χ4n) is 6.38. The highest BCUT2D eigenvalue weighted by Gasteiger charge is 2.47. The van der Waals surface area contributed by atoms with Gasteiger partial charge >= 0.3 is 0 Å². The molecule has 1 fully saturated rings. The van der Waals surface area contributed by atoms with Gasteiger partial charge in [0.1, 0.15) is 0 Å². The third-order valence-electron chi connectivity index (χ3n) is 9.18. The molecule has 0 radical (unpaired) electrons. The Kier molecular flexibility index (Phi) is 24.4. The second-order valence-corrected chi connectivity index (χ2v) is 13.1. The number of benzene rings is 1. The maximum absolute atomic E-state index is 10.1. The Balaban J connectivity index is 0.000000673. The van der Waals surface area contributed by atoms with E-state index in [1.165, 1.54) is 105 Å². The molecule has 1 saturated heterocycles. The summed E-state index contributed by atoms with van der Waals surface area (Å²) in [6.07, 6.45) is 24.6. The predicted molar refractivity (Wildman–Crippen MR) is 199 cm³/mol. The summed E-state index contributed by atoms with van der Waals surface area (Å²) >= 11 is 0. The summed E-state index contributed by atoms with van der Waals surface area (Å²) in [7, 11) is 0. The predicted octanol–water partition coefficient (Wildman–Crippen LogP) is 13.1. The minimum absolute atomic E-state index is 0.114. The molecule has 254 valence electrons. The zero-order valence-electron chi connectivity index (χ0n) is 31.2. The molecule has 0 amide bonds. The molecule has 1 aromatic rings. The number of hydrogen-bond acceptors (Lipinski definition) is 2. The maximum Gasteiger partial charge on any atom is 0.0716 e. The molecule has 0 bridgehead atoms. The summed E-state index contributed by atoms with van der Waals surface area (Å²) in [4.78, 5) is 2.31. The van der Waals surface area contributed by atoms with E-state index in [-0.39, 0.29) is 11.5 Å². The molecule has 0 spiro atoms. The molecular formula is C42H75NO. The van der Waals surface area contributed by atoms with Crippen LogP contribution in [0.15, 0.2) is 60.0 Å². The number of hydrogen-bond donors (Lipinski definition) is 1. The summed E-state index contributed by atoms with van der Waals surface area (Å²) in [5, 5.41) is 10.1. The van der Waals surface area contributed by atoms with Crippen molar-refractivity contribution in [2.45, 2.75) is 178 Å². The van der Waals surface area contributed by atoms with Crippen molar-refractivity contribution in [3.05, 3.63) is 71.1 Å². The number of fused-ring (bicyclic) bond motifs is 1. The maximum atomic E-state index is 10.1. The molecule has 1 heterocycles. The van der Waals surface area contributed by atoms with Crippen LogP contribution in [0.3, 0.4) is 0 Å². The van der Waals surface area contributed by atoms with Crippen LogP contribution in [-0.4, -0.2) is 22.7 Å². The minimum Gasteiger partial charge on any atom is -0.391 e. The van der Waals surface area contributed by atoms with E-state index in [2.05, 4.69) is 110 Å². The average Bonchev–Trinajstić information content (AvgIpc) is 3.25. The third-order valence-corrected chi connectivity index (χ3v) is 9.18. The molecule has 1 atom stereocenters. The van der Waals surface area contributed by atoms with Crippen molar-refractivity contribution in [1.29, 1.82) is 0 Å². The molecule has 0 saturated carbocycles. The number of nitrogens with zero attached hydrogens (tertiary/aromatic N) is 1. The normalized spacial score (nSPS) is 15.5. The van der Waals surface area contributed by atoms with Crippen molar-refractivity contribution >= 4 is 0 Å². The van der Waals surface area contributed by atoms with E-state index in [0.29, 0.717) is 6.54 Å². The Morgan fingerprint density at radius 2 is 1.34 bits per heavy atom. The highest BCUT2D eigenvalue weighted by atomic mass is 16.3. The number of aliphatic hydroxyl groups excluding tert-OH is 1. The molecular weight excluding hydrogens is 534 g/mol. The number of aryl methyl sites for hydroxylation is 2. The van der Waals surface area contributed by atoms with Crippen molar-refractivity contribution in [3.8, 4) is 0 Å². The van der Waals surface area contributed by atoms with Gasteiger partial charge in [-0.25, -0.2) is 0 Å². The highest BCUT2D eigenvalue weighted by molar-refractivity contribution is 5.51. The van der Waals surface area contributed by atoms with Crippen molar-refractivity contribution in [2.75, 3.05) is 6.54 Å². The van der Waals surface area contributed by atoms with Crippen LogP contribution in [0.4, 0.5) is 0 Å². The van der Waals surface area contributed by atoms with E-state index in [1.807, 2.05) is 6.92 Å². The van der Waals surface area contributed by atoms with Crippen LogP contribution in [0.25, 0.3) is 0 Å². The molecule has 2 nitrogen and oxygen atoms in total. The first kappa shape index (κ1) is 42.2. The van der Waals surface area contributed by atoms with Gasteiger partial charge < -0.3 is 10.0 Å². The summed E-state index contributed by atoms with van der Waals surface area (Å²) in [6.45, 7) is 27.2. The van der Waals surface area contributed by atoms with Crippen LogP contribution in [0.1, 0.15) is 170 Å². The van der Waals surface area contributed by atoms with Gasteiger partial charge in [0.15, 0.2) is 0 Å². The molecule has 3 rings (SSSR count). The zero-order chi connectivity index (χ0) is 33.4. The molecule has 2 aliphatic rings. The lowest BCUT2D eigenvalue weighted by Crippen LogP contribution is -2.30. The Hall–Kier alpha value is -1.80. The summed E-state index contributed by atoms with van der Waals surface area (Å²) in [5.74, 6) is 1.01. The van der Waals surface area contributed by atoms with Crippen LogP contribution < -0.4 is 0 Å². The lowest BCUT2D eigenvalue weighted by atomic mass is 9.71. The smallest absolute Gasteiger partial charge is 0.0716 e. The van der Waals surface area contributed by atoms with Crippen LogP contribution in [0, 0.1) is 18.3 Å². The van der Waals surface area contributed by atoms with Gasteiger partial charge in [-0.05, 0) is 62.5 Å². The van der Waals surface area contributed by atoms with Crippen LogP contribution >= 0.6 is 0 Å². The van der Waals surface area contributed by atoms with E-state index < -0.39 is 0 Å². The van der Waals surface area contributed by atoms with E-state index >= 15 is 0 Å². The first-order valence-corrected chi connectivity index (χ1v) is 18.8. The quantitative estimate of drug-likeness (QED) is 0.200. The largest absolute Gasteiger partial charge is 0.391 e. The van der Waals surface area contributed by atoms with Gasteiger partial charge in [-0.2, -0.15) is 0 Å². The number of allylic oxidation sites excluding steroid dienone is 4. The van der Waals surface area contributed by atoms with Gasteiger partial charge in [0.25, 0.3) is 0 Å². The van der Waals surface area contributed by atoms with Crippen LogP contribution in [0.5, 0.6) is 0 Å². The zero-order valence-corrected chi connectivity index (χ0v) is 31.2. The van der Waals surface area contributed by atoms with Gasteiger partial charge in [0.2, 0.25) is 0 Å². The number of aliphatic hydroxyl groups is 1. The van der Waals surface area contributed by atoms with Crippen LogP contribution in [0.2, 0.25) is 0 Å². The first-order valence-electron chi connectivity index (χ1n) is 18.8. The Labute approximate surface area is 276 Å². The van der Waals surface area contributed by atoms with Gasteiger partial charge in [0, 0.05) is 23.4 Å². The second kappa shape index (κ2) is 25.4. The average molecular weight is 610 g/mol. The van der Waals surface area contributed by atoms with Crippen molar-refractivity contribution in [1.82, 2.24) is 4.90 Å². The van der Waals surface area contributed by atoms with Crippen LogP contribution in [-0.2, 0) is 6.42 Å². The Morgan fingerprint density at radius 3 is 1.82 bits per heavy atom. The van der Waals surface area contributed by atoms with E-state index in [4.69, 9.17) is 0 Å². The molecule has 1 aromatic carbocycles. The topological polar surface area (TPSA) is 23.5 Å². The summed E-state index contributed by atoms with van der Waals surface area (Å²) in [5.41, 5.74) is 6.92. The Morgan fingerprint density at radius 1 is 0.773 bits per heavy atom. The van der Waals surface area contributed by atoms with Crippen molar-refractivity contribution in [3.63, 3.8) is 0 Å². The number of β-amino-alcohol motifs (C(OH)–C–C–N with tert-alkyl or cyclic N) is 1. The molecule has 1 N–H and O–H groups in total. The lowest BCUT2D eigenvalue weighted by Gasteiger charge is -2.32. The van der Waals surface area contributed by atoms with E-state index in [0.717, 1.165) is 31.6 Å². The molecule has 0 aromatic heterocycles. The van der Waals surface area contributed by atoms with Gasteiger partial charge in [-0.1, -0.05) is 175 Å². The SMILES string of the molecule is C=C1N(CC(O)CC)C2=CCCC=C2C1(CCC)CCC.CCC.CCCCCCC(CC)CC.CCc1ccc(C)cc1. The molecule has 1 aliphatic carbocycles.